The normalized spacial score (nSPS) is 12.7. The molecule has 1 aromatic rings. The van der Waals surface area contributed by atoms with E-state index in [1.54, 1.807) is 6.20 Å². The van der Waals surface area contributed by atoms with Gasteiger partial charge in [-0.3, -0.25) is 0 Å². The summed E-state index contributed by atoms with van der Waals surface area (Å²) in [5.41, 5.74) is 1.06. The smallest absolute Gasteiger partial charge is 0.218 e. The molecule has 20 heavy (non-hydrogen) atoms. The number of ether oxygens (including phenoxy) is 2. The van der Waals surface area contributed by atoms with E-state index in [0.29, 0.717) is 25.0 Å². The van der Waals surface area contributed by atoms with E-state index in [0.717, 1.165) is 23.1 Å². The molecule has 0 saturated heterocycles. The van der Waals surface area contributed by atoms with Gasteiger partial charge >= 0.3 is 0 Å². The summed E-state index contributed by atoms with van der Waals surface area (Å²) in [6.07, 6.45) is 1.75. The maximum Gasteiger partial charge on any atom is 0.218 e. The van der Waals surface area contributed by atoms with E-state index in [1.165, 1.54) is 0 Å². The highest BCUT2D eigenvalue weighted by Gasteiger charge is 2.11. The van der Waals surface area contributed by atoms with Crippen LogP contribution in [0.15, 0.2) is 16.7 Å². The molecule has 114 valence electrons. The van der Waals surface area contributed by atoms with Gasteiger partial charge in [0.25, 0.3) is 0 Å². The number of halogens is 1. The Morgan fingerprint density at radius 2 is 2.10 bits per heavy atom. The van der Waals surface area contributed by atoms with Crippen LogP contribution >= 0.6 is 15.9 Å². The highest BCUT2D eigenvalue weighted by atomic mass is 79.9. The molecule has 1 heterocycles. The summed E-state index contributed by atoms with van der Waals surface area (Å²) in [6, 6.07) is 2.04. The van der Waals surface area contributed by atoms with E-state index >= 15 is 0 Å². The molecule has 1 atom stereocenters. The van der Waals surface area contributed by atoms with Crippen LogP contribution in [0, 0.1) is 5.92 Å². The van der Waals surface area contributed by atoms with E-state index in [4.69, 9.17) is 9.47 Å². The molecule has 0 aliphatic carbocycles. The van der Waals surface area contributed by atoms with Crippen LogP contribution in [0.5, 0.6) is 5.88 Å². The number of pyridine rings is 1. The molecular formula is C15H25BrN2O2. The average Bonchev–Trinajstić information content (AvgIpc) is 2.39. The molecule has 0 radical (unpaired) electrons. The van der Waals surface area contributed by atoms with Gasteiger partial charge in [-0.15, -0.1) is 0 Å². The molecular weight excluding hydrogens is 320 g/mol. The van der Waals surface area contributed by atoms with Crippen LogP contribution in [0.1, 0.15) is 33.3 Å². The minimum atomic E-state index is -0.00697. The first kappa shape index (κ1) is 17.4. The molecule has 0 amide bonds. The monoisotopic (exact) mass is 344 g/mol. The van der Waals surface area contributed by atoms with Gasteiger partial charge < -0.3 is 14.8 Å². The Bertz CT molecular complexity index is 399. The third-order valence-electron chi connectivity index (χ3n) is 2.63. The average molecular weight is 345 g/mol. The van der Waals surface area contributed by atoms with Crippen LogP contribution < -0.4 is 10.1 Å². The van der Waals surface area contributed by atoms with Crippen molar-refractivity contribution in [3.8, 4) is 5.88 Å². The Morgan fingerprint density at radius 1 is 1.35 bits per heavy atom. The van der Waals surface area contributed by atoms with Gasteiger partial charge in [0.05, 0.1) is 6.61 Å². The summed E-state index contributed by atoms with van der Waals surface area (Å²) in [6.45, 7) is 11.3. The van der Waals surface area contributed by atoms with E-state index in [1.807, 2.05) is 19.9 Å². The molecule has 0 saturated carbocycles. The van der Waals surface area contributed by atoms with Crippen LogP contribution in [-0.4, -0.2) is 30.8 Å². The number of rotatable bonds is 9. The maximum absolute atomic E-state index is 5.86. The molecule has 1 aromatic heterocycles. The van der Waals surface area contributed by atoms with Crippen LogP contribution in [0.25, 0.3) is 0 Å². The lowest BCUT2D eigenvalue weighted by molar-refractivity contribution is 0.0627. The summed E-state index contributed by atoms with van der Waals surface area (Å²) < 4.78 is 12.2. The fourth-order valence-corrected chi connectivity index (χ4v) is 2.08. The van der Waals surface area contributed by atoms with Gasteiger partial charge in [-0.05, 0) is 48.3 Å². The zero-order chi connectivity index (χ0) is 15.0. The summed E-state index contributed by atoms with van der Waals surface area (Å²) in [5.74, 6) is 1.30. The standard InChI is InChI=1S/C15H25BrN2O2/c1-5-19-10-12(4)20-15-13(6-14(16)9-18-15)8-17-7-11(2)3/h6,9,11-12,17H,5,7-8,10H2,1-4H3. The van der Waals surface area contributed by atoms with Gasteiger partial charge in [0.1, 0.15) is 6.10 Å². The SMILES string of the molecule is CCOCC(C)Oc1ncc(Br)cc1CNCC(C)C. The molecule has 4 nitrogen and oxygen atoms in total. The van der Waals surface area contributed by atoms with Gasteiger partial charge in [0, 0.05) is 29.4 Å². The molecule has 1 rings (SSSR count). The van der Waals surface area contributed by atoms with Crippen molar-refractivity contribution >= 4 is 15.9 Å². The summed E-state index contributed by atoms with van der Waals surface area (Å²) in [7, 11) is 0. The van der Waals surface area contributed by atoms with Crippen molar-refractivity contribution < 1.29 is 9.47 Å². The quantitative estimate of drug-likeness (QED) is 0.745. The molecule has 5 heteroatoms. The van der Waals surface area contributed by atoms with Gasteiger partial charge in [0.2, 0.25) is 5.88 Å². The lowest BCUT2D eigenvalue weighted by atomic mass is 10.2. The third kappa shape index (κ3) is 6.68. The Kier molecular flexibility index (Phi) is 8.11. The van der Waals surface area contributed by atoms with Crippen molar-refractivity contribution in [1.29, 1.82) is 0 Å². The Hall–Kier alpha value is -0.650. The molecule has 0 bridgehead atoms. The topological polar surface area (TPSA) is 43.4 Å². The molecule has 0 aliphatic rings. The van der Waals surface area contributed by atoms with E-state index in [2.05, 4.69) is 40.1 Å². The minimum absolute atomic E-state index is 0.00697. The Labute approximate surface area is 130 Å². The first-order chi connectivity index (χ1) is 9.52. The van der Waals surface area contributed by atoms with Gasteiger partial charge in [-0.25, -0.2) is 4.98 Å². The second-order valence-electron chi connectivity index (χ2n) is 5.23. The van der Waals surface area contributed by atoms with Crippen LogP contribution in [-0.2, 0) is 11.3 Å². The number of nitrogens with zero attached hydrogens (tertiary/aromatic N) is 1. The van der Waals surface area contributed by atoms with E-state index in [-0.39, 0.29) is 6.10 Å². The van der Waals surface area contributed by atoms with Crippen molar-refractivity contribution in [3.05, 3.63) is 22.3 Å². The molecule has 0 fully saturated rings. The van der Waals surface area contributed by atoms with Gasteiger partial charge in [0.15, 0.2) is 0 Å². The summed E-state index contributed by atoms with van der Waals surface area (Å²) in [4.78, 5) is 4.36. The predicted molar refractivity (Wildman–Crippen MR) is 85.1 cm³/mol. The van der Waals surface area contributed by atoms with Gasteiger partial charge in [-0.1, -0.05) is 13.8 Å². The maximum atomic E-state index is 5.86. The van der Waals surface area contributed by atoms with Crippen molar-refractivity contribution in [2.24, 2.45) is 5.92 Å². The lowest BCUT2D eigenvalue weighted by Crippen LogP contribution is -2.23. The fourth-order valence-electron chi connectivity index (χ4n) is 1.71. The van der Waals surface area contributed by atoms with Crippen LogP contribution in [0.4, 0.5) is 0 Å². The minimum Gasteiger partial charge on any atom is -0.472 e. The van der Waals surface area contributed by atoms with E-state index < -0.39 is 0 Å². The summed E-state index contributed by atoms with van der Waals surface area (Å²) in [5, 5.41) is 3.41. The van der Waals surface area contributed by atoms with Gasteiger partial charge in [-0.2, -0.15) is 0 Å². The highest BCUT2D eigenvalue weighted by Crippen LogP contribution is 2.21. The number of nitrogens with one attached hydrogen (secondary N) is 1. The van der Waals surface area contributed by atoms with Crippen molar-refractivity contribution in [1.82, 2.24) is 10.3 Å². The number of hydrogen-bond donors (Lipinski definition) is 1. The van der Waals surface area contributed by atoms with Crippen molar-refractivity contribution in [3.63, 3.8) is 0 Å². The van der Waals surface area contributed by atoms with Crippen molar-refractivity contribution in [2.75, 3.05) is 19.8 Å². The molecule has 1 unspecified atom stereocenters. The van der Waals surface area contributed by atoms with E-state index in [9.17, 15) is 0 Å². The largest absolute Gasteiger partial charge is 0.472 e. The lowest BCUT2D eigenvalue weighted by Gasteiger charge is -2.17. The third-order valence-corrected chi connectivity index (χ3v) is 3.06. The second kappa shape index (κ2) is 9.32. The molecule has 0 spiro atoms. The fraction of sp³-hybridized carbons (Fsp3) is 0.667. The Balaban J connectivity index is 2.64. The van der Waals surface area contributed by atoms with Crippen molar-refractivity contribution in [2.45, 2.75) is 40.3 Å². The first-order valence-electron chi connectivity index (χ1n) is 7.12. The predicted octanol–water partition coefficient (Wildman–Crippen LogP) is 3.39. The molecule has 0 aromatic carbocycles. The molecule has 1 N–H and O–H groups in total. The number of hydrogen-bond acceptors (Lipinski definition) is 4. The summed E-state index contributed by atoms with van der Waals surface area (Å²) >= 11 is 3.45. The number of aromatic nitrogens is 1. The highest BCUT2D eigenvalue weighted by molar-refractivity contribution is 9.10. The zero-order valence-corrected chi connectivity index (χ0v) is 14.4. The first-order valence-corrected chi connectivity index (χ1v) is 7.91. The zero-order valence-electron chi connectivity index (χ0n) is 12.8. The Morgan fingerprint density at radius 3 is 2.75 bits per heavy atom. The van der Waals surface area contributed by atoms with Crippen LogP contribution in [0.2, 0.25) is 0 Å². The van der Waals surface area contributed by atoms with Crippen LogP contribution in [0.3, 0.4) is 0 Å². The molecule has 0 aliphatic heterocycles. The second-order valence-corrected chi connectivity index (χ2v) is 6.15.